The summed E-state index contributed by atoms with van der Waals surface area (Å²) in [6.45, 7) is 5.17. The van der Waals surface area contributed by atoms with Crippen molar-refractivity contribution in [1.82, 2.24) is 10.2 Å². The Kier molecular flexibility index (Phi) is 5.64. The number of anilines is 1. The molecule has 8 heteroatoms. The van der Waals surface area contributed by atoms with Gasteiger partial charge in [-0.25, -0.2) is 4.79 Å². The monoisotopic (exact) mass is 444 g/mol. The van der Waals surface area contributed by atoms with Gasteiger partial charge in [0.2, 0.25) is 5.91 Å². The van der Waals surface area contributed by atoms with Crippen molar-refractivity contribution in [3.63, 3.8) is 0 Å². The molecule has 4 rings (SSSR count). The maximum absolute atomic E-state index is 13.3. The summed E-state index contributed by atoms with van der Waals surface area (Å²) >= 11 is 0. The van der Waals surface area contributed by atoms with Crippen molar-refractivity contribution in [3.8, 4) is 6.07 Å². The molecular weight excluding hydrogens is 420 g/mol. The summed E-state index contributed by atoms with van der Waals surface area (Å²) in [6.07, 6.45) is 0.121. The van der Waals surface area contributed by atoms with Crippen LogP contribution >= 0.6 is 0 Å². The molecule has 0 radical (unpaired) electrons. The van der Waals surface area contributed by atoms with E-state index in [4.69, 9.17) is 9.68 Å². The lowest BCUT2D eigenvalue weighted by atomic mass is 9.99. The molecular formula is C25H24N4O4. The normalized spacial score (nSPS) is 17.8. The van der Waals surface area contributed by atoms with Crippen molar-refractivity contribution in [2.24, 2.45) is 0 Å². The SMILES string of the molecule is Cc1ccc(N(CCC#N)C(=O)CN2C(=O)NC(C)(c3cc4ccccc4o3)C2=O)cc1C. The lowest BCUT2D eigenvalue weighted by molar-refractivity contribution is -0.134. The summed E-state index contributed by atoms with van der Waals surface area (Å²) in [6, 6.07) is 15.9. The second-order valence-electron chi connectivity index (χ2n) is 8.32. The van der Waals surface area contributed by atoms with E-state index < -0.39 is 29.9 Å². The van der Waals surface area contributed by atoms with Crippen LogP contribution in [0.3, 0.4) is 0 Å². The molecule has 1 unspecified atom stereocenters. The van der Waals surface area contributed by atoms with Crippen molar-refractivity contribution < 1.29 is 18.8 Å². The van der Waals surface area contributed by atoms with Crippen molar-refractivity contribution >= 4 is 34.5 Å². The number of imide groups is 1. The molecule has 3 aromatic rings. The van der Waals surface area contributed by atoms with Crippen LogP contribution in [0, 0.1) is 25.2 Å². The molecule has 1 saturated heterocycles. The maximum atomic E-state index is 13.3. The lowest BCUT2D eigenvalue weighted by Gasteiger charge is -2.25. The summed E-state index contributed by atoms with van der Waals surface area (Å²) in [5.41, 5.74) is 1.86. The van der Waals surface area contributed by atoms with Gasteiger partial charge in [-0.05, 0) is 56.2 Å². The van der Waals surface area contributed by atoms with Gasteiger partial charge in [-0.1, -0.05) is 24.3 Å². The van der Waals surface area contributed by atoms with E-state index in [1.807, 2.05) is 50.2 Å². The first kappa shape index (κ1) is 22.1. The number of nitriles is 1. The molecule has 0 bridgehead atoms. The highest BCUT2D eigenvalue weighted by Crippen LogP contribution is 2.33. The molecule has 8 nitrogen and oxygen atoms in total. The molecule has 1 N–H and O–H groups in total. The summed E-state index contributed by atoms with van der Waals surface area (Å²) in [5.74, 6) is -0.724. The van der Waals surface area contributed by atoms with Crippen LogP contribution in [0.1, 0.15) is 30.2 Å². The molecule has 1 aliphatic rings. The number of nitrogens with one attached hydrogen (secondary N) is 1. The molecule has 33 heavy (non-hydrogen) atoms. The fraction of sp³-hybridized carbons (Fsp3) is 0.280. The number of benzene rings is 2. The van der Waals surface area contributed by atoms with Crippen molar-refractivity contribution in [2.75, 3.05) is 18.0 Å². The average molecular weight is 444 g/mol. The molecule has 0 spiro atoms. The van der Waals surface area contributed by atoms with Gasteiger partial charge >= 0.3 is 6.03 Å². The van der Waals surface area contributed by atoms with Crippen LogP contribution in [0.4, 0.5) is 10.5 Å². The Bertz CT molecular complexity index is 1270. The third-order valence-electron chi connectivity index (χ3n) is 6.04. The van der Waals surface area contributed by atoms with Crippen LogP contribution in [0.25, 0.3) is 11.0 Å². The number of nitrogens with zero attached hydrogens (tertiary/aromatic N) is 3. The van der Waals surface area contributed by atoms with E-state index in [2.05, 4.69) is 5.32 Å². The van der Waals surface area contributed by atoms with Crippen molar-refractivity contribution in [3.05, 3.63) is 65.4 Å². The van der Waals surface area contributed by atoms with Gasteiger partial charge in [-0.2, -0.15) is 5.26 Å². The molecule has 4 amide bonds. The first-order valence-corrected chi connectivity index (χ1v) is 10.6. The van der Waals surface area contributed by atoms with Crippen LogP contribution in [-0.2, 0) is 15.1 Å². The minimum atomic E-state index is -1.42. The number of hydrogen-bond acceptors (Lipinski definition) is 5. The Morgan fingerprint density at radius 3 is 2.61 bits per heavy atom. The van der Waals surface area contributed by atoms with E-state index in [9.17, 15) is 14.4 Å². The van der Waals surface area contributed by atoms with Crippen LogP contribution in [-0.4, -0.2) is 35.8 Å². The van der Waals surface area contributed by atoms with Crippen LogP contribution < -0.4 is 10.2 Å². The highest BCUT2D eigenvalue weighted by atomic mass is 16.3. The first-order valence-electron chi connectivity index (χ1n) is 10.6. The van der Waals surface area contributed by atoms with Gasteiger partial charge in [0.1, 0.15) is 17.9 Å². The molecule has 0 saturated carbocycles. The van der Waals surface area contributed by atoms with Gasteiger partial charge in [-0.3, -0.25) is 14.5 Å². The van der Waals surface area contributed by atoms with E-state index in [1.165, 1.54) is 4.90 Å². The third-order valence-corrected chi connectivity index (χ3v) is 6.04. The number of carbonyl (C=O) groups is 3. The molecule has 1 atom stereocenters. The number of para-hydroxylation sites is 1. The van der Waals surface area contributed by atoms with E-state index in [1.54, 1.807) is 25.1 Å². The molecule has 1 fully saturated rings. The van der Waals surface area contributed by atoms with Gasteiger partial charge in [0.15, 0.2) is 5.54 Å². The zero-order valence-electron chi connectivity index (χ0n) is 18.7. The Morgan fingerprint density at radius 2 is 1.91 bits per heavy atom. The van der Waals surface area contributed by atoms with Crippen molar-refractivity contribution in [1.29, 1.82) is 5.26 Å². The Labute approximate surface area is 191 Å². The minimum Gasteiger partial charge on any atom is -0.458 e. The molecule has 2 aromatic carbocycles. The molecule has 0 aliphatic carbocycles. The molecule has 1 aliphatic heterocycles. The number of amides is 4. The number of rotatable bonds is 6. The summed E-state index contributed by atoms with van der Waals surface area (Å²) in [4.78, 5) is 41.5. The van der Waals surface area contributed by atoms with E-state index in [0.717, 1.165) is 21.4 Å². The van der Waals surface area contributed by atoms with Crippen LogP contribution in [0.2, 0.25) is 0 Å². The number of urea groups is 1. The van der Waals surface area contributed by atoms with Gasteiger partial charge in [0, 0.05) is 17.6 Å². The topological polar surface area (TPSA) is 107 Å². The smallest absolute Gasteiger partial charge is 0.325 e. The number of carbonyl (C=O) groups excluding carboxylic acids is 3. The highest BCUT2D eigenvalue weighted by molar-refractivity contribution is 6.10. The molecule has 1 aromatic heterocycles. The Balaban J connectivity index is 1.59. The minimum absolute atomic E-state index is 0.121. The number of aryl methyl sites for hydroxylation is 2. The highest BCUT2D eigenvalue weighted by Gasteiger charge is 2.52. The van der Waals surface area contributed by atoms with Gasteiger partial charge < -0.3 is 14.6 Å². The third kappa shape index (κ3) is 3.94. The molecule has 2 heterocycles. The van der Waals surface area contributed by atoms with E-state index >= 15 is 0 Å². The van der Waals surface area contributed by atoms with Crippen molar-refractivity contribution in [2.45, 2.75) is 32.7 Å². The second kappa shape index (κ2) is 8.43. The van der Waals surface area contributed by atoms with Gasteiger partial charge in [0.25, 0.3) is 5.91 Å². The fourth-order valence-corrected chi connectivity index (χ4v) is 3.91. The van der Waals surface area contributed by atoms with Gasteiger partial charge in [-0.15, -0.1) is 0 Å². The first-order chi connectivity index (χ1) is 15.7. The summed E-state index contributed by atoms with van der Waals surface area (Å²) in [5, 5.41) is 12.5. The quantitative estimate of drug-likeness (QED) is 0.583. The lowest BCUT2D eigenvalue weighted by Crippen LogP contribution is -2.45. The van der Waals surface area contributed by atoms with Crippen LogP contribution in [0.5, 0.6) is 0 Å². The predicted molar refractivity (Wildman–Crippen MR) is 122 cm³/mol. The zero-order chi connectivity index (χ0) is 23.8. The fourth-order valence-electron chi connectivity index (χ4n) is 3.91. The van der Waals surface area contributed by atoms with E-state index in [-0.39, 0.29) is 13.0 Å². The predicted octanol–water partition coefficient (Wildman–Crippen LogP) is 3.76. The average Bonchev–Trinajstić information content (AvgIpc) is 3.32. The van der Waals surface area contributed by atoms with Crippen LogP contribution in [0.15, 0.2) is 52.9 Å². The second-order valence-corrected chi connectivity index (χ2v) is 8.32. The summed E-state index contributed by atoms with van der Waals surface area (Å²) < 4.78 is 5.83. The number of hydrogen-bond donors (Lipinski definition) is 1. The number of furan rings is 1. The standard InChI is InChI=1S/C25H24N4O4/c1-16-9-10-19(13-17(16)2)28(12-6-11-26)22(30)15-29-23(31)25(3,27-24(29)32)21-14-18-7-4-5-8-20(18)33-21/h4-5,7-10,13-14H,6,12,15H2,1-3H3,(H,27,32). The largest absolute Gasteiger partial charge is 0.458 e. The van der Waals surface area contributed by atoms with E-state index in [0.29, 0.717) is 17.0 Å². The Morgan fingerprint density at radius 1 is 1.15 bits per heavy atom. The summed E-state index contributed by atoms with van der Waals surface area (Å²) in [7, 11) is 0. The zero-order valence-corrected chi connectivity index (χ0v) is 18.7. The molecule has 168 valence electrons. The Hall–Kier alpha value is -4.12. The number of fused-ring (bicyclic) bond motifs is 1. The maximum Gasteiger partial charge on any atom is 0.325 e. The van der Waals surface area contributed by atoms with Gasteiger partial charge in [0.05, 0.1) is 12.5 Å².